The molecule has 0 amide bonds. The van der Waals surface area contributed by atoms with Crippen molar-refractivity contribution in [2.75, 3.05) is 26.2 Å². The van der Waals surface area contributed by atoms with Crippen LogP contribution in [0.15, 0.2) is 0 Å². The van der Waals surface area contributed by atoms with E-state index < -0.39 is 18.9 Å². The predicted octanol–water partition coefficient (Wildman–Crippen LogP) is 2.35. The van der Waals surface area contributed by atoms with E-state index in [0.717, 1.165) is 12.8 Å². The maximum atomic E-state index is 13.0. The minimum absolute atomic E-state index is 0.212. The molecule has 0 aromatic rings. The summed E-state index contributed by atoms with van der Waals surface area (Å²) in [7, 11) is 0. The molecule has 1 aliphatic rings. The highest BCUT2D eigenvalue weighted by Gasteiger charge is 2.44. The van der Waals surface area contributed by atoms with Gasteiger partial charge in [-0.15, -0.1) is 0 Å². The van der Waals surface area contributed by atoms with Crippen molar-refractivity contribution < 1.29 is 17.6 Å². The molecule has 6 heteroatoms. The lowest BCUT2D eigenvalue weighted by molar-refractivity contribution is -0.146. The molecule has 1 fully saturated rings. The highest BCUT2D eigenvalue weighted by molar-refractivity contribution is 4.94. The molecule has 0 atom stereocenters. The molecule has 1 aliphatic heterocycles. The van der Waals surface area contributed by atoms with Crippen LogP contribution in [0.5, 0.6) is 0 Å². The maximum Gasteiger partial charge on any atom is 0.319 e. The largest absolute Gasteiger partial charge is 0.319 e. The number of nitrogens with one attached hydrogen (secondary N) is 1. The Bertz CT molecular complexity index is 240. The third-order valence-electron chi connectivity index (χ3n) is 3.56. The summed E-state index contributed by atoms with van der Waals surface area (Å²) in [6.07, 6.45) is -1.98. The van der Waals surface area contributed by atoms with Crippen molar-refractivity contribution in [2.24, 2.45) is 0 Å². The number of rotatable bonds is 5. The van der Waals surface area contributed by atoms with E-state index in [-0.39, 0.29) is 5.54 Å². The normalized spacial score (nSPS) is 22.1. The fourth-order valence-electron chi connectivity index (χ4n) is 2.27. The van der Waals surface area contributed by atoms with Crippen molar-refractivity contribution >= 4 is 0 Å². The average molecular weight is 256 g/mol. The Morgan fingerprint density at radius 2 is 1.88 bits per heavy atom. The molecule has 0 aromatic carbocycles. The number of alkyl halides is 4. The average Bonchev–Trinajstić information content (AvgIpc) is 2.28. The van der Waals surface area contributed by atoms with Crippen molar-refractivity contribution in [3.63, 3.8) is 0 Å². The second-order valence-electron chi connectivity index (χ2n) is 4.69. The Hall–Kier alpha value is -0.360. The molecule has 102 valence electrons. The lowest BCUT2D eigenvalue weighted by Gasteiger charge is -2.43. The number of nitrogens with zero attached hydrogens (tertiary/aromatic N) is 1. The van der Waals surface area contributed by atoms with Crippen molar-refractivity contribution in [1.29, 1.82) is 0 Å². The summed E-state index contributed by atoms with van der Waals surface area (Å²) < 4.78 is 50.2. The van der Waals surface area contributed by atoms with Gasteiger partial charge in [-0.1, -0.05) is 13.8 Å². The third kappa shape index (κ3) is 3.55. The van der Waals surface area contributed by atoms with Crippen LogP contribution in [0.1, 0.15) is 26.7 Å². The Labute approximate surface area is 99.4 Å². The van der Waals surface area contributed by atoms with Gasteiger partial charge in [0.05, 0.1) is 6.54 Å². The van der Waals surface area contributed by atoms with E-state index in [0.29, 0.717) is 19.6 Å². The van der Waals surface area contributed by atoms with Crippen LogP contribution in [0.3, 0.4) is 0 Å². The monoisotopic (exact) mass is 256 g/mol. The van der Waals surface area contributed by atoms with Gasteiger partial charge in [-0.2, -0.15) is 8.78 Å². The molecule has 1 rings (SSSR count). The van der Waals surface area contributed by atoms with Crippen molar-refractivity contribution in [2.45, 2.75) is 44.6 Å². The molecule has 0 unspecified atom stereocenters. The first-order valence-corrected chi connectivity index (χ1v) is 5.98. The Kier molecular flexibility index (Phi) is 4.77. The van der Waals surface area contributed by atoms with Crippen LogP contribution in [0.4, 0.5) is 17.6 Å². The molecule has 17 heavy (non-hydrogen) atoms. The third-order valence-corrected chi connectivity index (χ3v) is 3.56. The molecular formula is C11H20F4N2. The molecule has 1 saturated heterocycles. The zero-order valence-corrected chi connectivity index (χ0v) is 10.3. The van der Waals surface area contributed by atoms with Gasteiger partial charge in [0.1, 0.15) is 0 Å². The highest BCUT2D eigenvalue weighted by atomic mass is 19.3. The van der Waals surface area contributed by atoms with Gasteiger partial charge in [0.25, 0.3) is 0 Å². The summed E-state index contributed by atoms with van der Waals surface area (Å²) in [5.41, 5.74) is -0.212. The summed E-state index contributed by atoms with van der Waals surface area (Å²) in [5, 5.41) is 3.30. The first-order valence-electron chi connectivity index (χ1n) is 5.98. The standard InChI is InChI=1S/C11H20F4N2/c1-3-10(4-2)7-17(6-5-16-10)8-11(14,15)9(12)13/h9,16H,3-8H2,1-2H3. The zero-order valence-electron chi connectivity index (χ0n) is 10.3. The van der Waals surface area contributed by atoms with E-state index in [2.05, 4.69) is 5.32 Å². The second kappa shape index (κ2) is 5.52. The maximum absolute atomic E-state index is 13.0. The van der Waals surface area contributed by atoms with Crippen LogP contribution >= 0.6 is 0 Å². The summed E-state index contributed by atoms with van der Waals surface area (Å²) >= 11 is 0. The van der Waals surface area contributed by atoms with Gasteiger partial charge in [0.15, 0.2) is 0 Å². The summed E-state index contributed by atoms with van der Waals surface area (Å²) in [4.78, 5) is 1.44. The van der Waals surface area contributed by atoms with Gasteiger partial charge in [0.2, 0.25) is 0 Å². The van der Waals surface area contributed by atoms with E-state index in [9.17, 15) is 17.6 Å². The van der Waals surface area contributed by atoms with E-state index in [1.54, 1.807) is 0 Å². The molecule has 1 N–H and O–H groups in total. The van der Waals surface area contributed by atoms with Crippen molar-refractivity contribution in [3.8, 4) is 0 Å². The van der Waals surface area contributed by atoms with Gasteiger partial charge in [-0.3, -0.25) is 4.90 Å². The molecule has 0 radical (unpaired) electrons. The molecule has 0 aromatic heterocycles. The minimum Gasteiger partial charge on any atom is -0.309 e. The van der Waals surface area contributed by atoms with Crippen LogP contribution in [-0.2, 0) is 0 Å². The lowest BCUT2D eigenvalue weighted by Crippen LogP contribution is -2.61. The number of hydrogen-bond donors (Lipinski definition) is 1. The summed E-state index contributed by atoms with van der Waals surface area (Å²) in [5.74, 6) is -3.91. The van der Waals surface area contributed by atoms with Gasteiger partial charge in [-0.05, 0) is 12.8 Å². The summed E-state index contributed by atoms with van der Waals surface area (Å²) in [6, 6.07) is 0. The van der Waals surface area contributed by atoms with Crippen LogP contribution in [0.25, 0.3) is 0 Å². The minimum atomic E-state index is -3.91. The number of halogens is 4. The topological polar surface area (TPSA) is 15.3 Å². The fourth-order valence-corrected chi connectivity index (χ4v) is 2.27. The Balaban J connectivity index is 2.61. The van der Waals surface area contributed by atoms with Gasteiger partial charge in [-0.25, -0.2) is 8.78 Å². The SMILES string of the molecule is CCC1(CC)CN(CC(F)(F)C(F)F)CCN1. The molecule has 2 nitrogen and oxygen atoms in total. The molecular weight excluding hydrogens is 236 g/mol. The zero-order chi connectivity index (χ0) is 13.1. The van der Waals surface area contributed by atoms with Gasteiger partial charge >= 0.3 is 12.3 Å². The van der Waals surface area contributed by atoms with Crippen molar-refractivity contribution in [1.82, 2.24) is 10.2 Å². The van der Waals surface area contributed by atoms with Gasteiger partial charge < -0.3 is 5.32 Å². The fraction of sp³-hybridized carbons (Fsp3) is 1.00. The van der Waals surface area contributed by atoms with Crippen LogP contribution in [0, 0.1) is 0 Å². The van der Waals surface area contributed by atoms with Crippen LogP contribution in [-0.4, -0.2) is 49.0 Å². The molecule has 0 bridgehead atoms. The molecule has 0 spiro atoms. The highest BCUT2D eigenvalue weighted by Crippen LogP contribution is 2.27. The van der Waals surface area contributed by atoms with Crippen LogP contribution < -0.4 is 5.32 Å². The first kappa shape index (κ1) is 14.7. The second-order valence-corrected chi connectivity index (χ2v) is 4.69. The van der Waals surface area contributed by atoms with E-state index in [1.807, 2.05) is 13.8 Å². The Morgan fingerprint density at radius 1 is 1.29 bits per heavy atom. The first-order chi connectivity index (χ1) is 7.85. The summed E-state index contributed by atoms with van der Waals surface area (Å²) in [6.45, 7) is 4.47. The van der Waals surface area contributed by atoms with E-state index >= 15 is 0 Å². The molecule has 0 saturated carbocycles. The Morgan fingerprint density at radius 3 is 2.35 bits per heavy atom. The van der Waals surface area contributed by atoms with E-state index in [4.69, 9.17) is 0 Å². The lowest BCUT2D eigenvalue weighted by atomic mass is 9.90. The predicted molar refractivity (Wildman–Crippen MR) is 58.7 cm³/mol. The van der Waals surface area contributed by atoms with Crippen LogP contribution in [0.2, 0.25) is 0 Å². The van der Waals surface area contributed by atoms with Gasteiger partial charge in [0, 0.05) is 25.2 Å². The number of piperazine rings is 1. The molecule has 1 heterocycles. The number of hydrogen-bond acceptors (Lipinski definition) is 2. The smallest absolute Gasteiger partial charge is 0.309 e. The van der Waals surface area contributed by atoms with Crippen molar-refractivity contribution in [3.05, 3.63) is 0 Å². The molecule has 0 aliphatic carbocycles. The quantitative estimate of drug-likeness (QED) is 0.760. The van der Waals surface area contributed by atoms with E-state index in [1.165, 1.54) is 4.90 Å².